The van der Waals surface area contributed by atoms with Gasteiger partial charge in [0.05, 0.1) is 11.7 Å². The van der Waals surface area contributed by atoms with Gasteiger partial charge in [-0.15, -0.1) is 0 Å². The van der Waals surface area contributed by atoms with Gasteiger partial charge in [0.1, 0.15) is 0 Å². The maximum atomic E-state index is 4.72. The lowest BCUT2D eigenvalue weighted by Gasteiger charge is -2.26. The first-order valence-electron chi connectivity index (χ1n) is 7.46. The number of hydrogen-bond acceptors (Lipinski definition) is 2. The maximum Gasteiger partial charge on any atom is 0.0638 e. The van der Waals surface area contributed by atoms with Crippen LogP contribution in [0.2, 0.25) is 0 Å². The monoisotopic (exact) mass is 249 g/mol. The van der Waals surface area contributed by atoms with E-state index in [-0.39, 0.29) is 0 Å². The highest BCUT2D eigenvalue weighted by Gasteiger charge is 2.21. The predicted molar refractivity (Wildman–Crippen MR) is 75.6 cm³/mol. The van der Waals surface area contributed by atoms with Crippen molar-refractivity contribution >= 4 is 0 Å². The molecule has 0 radical (unpaired) electrons. The SMILES string of the molecule is CCCNCc1cn(C2CCCC(C)C2)nc1C. The summed E-state index contributed by atoms with van der Waals surface area (Å²) in [5.41, 5.74) is 2.55. The van der Waals surface area contributed by atoms with Crippen molar-refractivity contribution in [3.8, 4) is 0 Å². The average molecular weight is 249 g/mol. The molecule has 0 aromatic carbocycles. The highest BCUT2D eigenvalue weighted by atomic mass is 15.3. The molecule has 1 saturated carbocycles. The molecule has 2 unspecified atom stereocenters. The fourth-order valence-electron chi connectivity index (χ4n) is 2.92. The molecule has 0 amide bonds. The quantitative estimate of drug-likeness (QED) is 0.810. The fourth-order valence-corrected chi connectivity index (χ4v) is 2.92. The van der Waals surface area contributed by atoms with Crippen LogP contribution in [0.15, 0.2) is 6.20 Å². The van der Waals surface area contributed by atoms with Crippen LogP contribution in [0.3, 0.4) is 0 Å². The van der Waals surface area contributed by atoms with E-state index in [1.165, 1.54) is 43.4 Å². The number of rotatable bonds is 5. The number of aryl methyl sites for hydroxylation is 1. The molecule has 1 heterocycles. The van der Waals surface area contributed by atoms with Crippen molar-refractivity contribution in [2.24, 2.45) is 5.92 Å². The number of hydrogen-bond donors (Lipinski definition) is 1. The summed E-state index contributed by atoms with van der Waals surface area (Å²) >= 11 is 0. The van der Waals surface area contributed by atoms with Crippen molar-refractivity contribution in [2.75, 3.05) is 6.54 Å². The standard InChI is InChI=1S/C15H27N3/c1-4-8-16-10-14-11-18(17-13(14)3)15-7-5-6-12(2)9-15/h11-12,15-16H,4-10H2,1-3H3. The molecule has 1 aliphatic rings. The van der Waals surface area contributed by atoms with Crippen molar-refractivity contribution < 1.29 is 0 Å². The molecular weight excluding hydrogens is 222 g/mol. The highest BCUT2D eigenvalue weighted by Crippen LogP contribution is 2.32. The Morgan fingerprint density at radius 2 is 2.28 bits per heavy atom. The second kappa shape index (κ2) is 6.37. The zero-order chi connectivity index (χ0) is 13.0. The van der Waals surface area contributed by atoms with Gasteiger partial charge in [0, 0.05) is 18.3 Å². The van der Waals surface area contributed by atoms with Gasteiger partial charge in [-0.25, -0.2) is 0 Å². The first kappa shape index (κ1) is 13.6. The fraction of sp³-hybridized carbons (Fsp3) is 0.800. The van der Waals surface area contributed by atoms with Gasteiger partial charge in [0.2, 0.25) is 0 Å². The average Bonchev–Trinajstić information content (AvgIpc) is 2.72. The van der Waals surface area contributed by atoms with Crippen LogP contribution in [0.5, 0.6) is 0 Å². The summed E-state index contributed by atoms with van der Waals surface area (Å²) in [7, 11) is 0. The van der Waals surface area contributed by atoms with Gasteiger partial charge < -0.3 is 5.32 Å². The van der Waals surface area contributed by atoms with Gasteiger partial charge in [-0.3, -0.25) is 4.68 Å². The molecule has 3 nitrogen and oxygen atoms in total. The molecule has 18 heavy (non-hydrogen) atoms. The molecule has 0 aliphatic heterocycles. The van der Waals surface area contributed by atoms with E-state index in [1.807, 2.05) is 0 Å². The molecule has 0 saturated heterocycles. The van der Waals surface area contributed by atoms with Crippen molar-refractivity contribution in [1.29, 1.82) is 0 Å². The van der Waals surface area contributed by atoms with E-state index in [4.69, 9.17) is 5.10 Å². The zero-order valence-electron chi connectivity index (χ0n) is 12.1. The van der Waals surface area contributed by atoms with Gasteiger partial charge >= 0.3 is 0 Å². The van der Waals surface area contributed by atoms with Crippen LogP contribution < -0.4 is 5.32 Å². The van der Waals surface area contributed by atoms with Crippen molar-refractivity contribution in [1.82, 2.24) is 15.1 Å². The summed E-state index contributed by atoms with van der Waals surface area (Å²) in [6.07, 6.45) is 8.79. The summed E-state index contributed by atoms with van der Waals surface area (Å²) in [5.74, 6) is 0.856. The van der Waals surface area contributed by atoms with Crippen LogP contribution in [0, 0.1) is 12.8 Å². The maximum absolute atomic E-state index is 4.72. The molecule has 1 N–H and O–H groups in total. The summed E-state index contributed by atoms with van der Waals surface area (Å²) in [4.78, 5) is 0. The lowest BCUT2D eigenvalue weighted by Crippen LogP contribution is -2.18. The Balaban J connectivity index is 1.98. The third-order valence-electron chi connectivity index (χ3n) is 4.04. The predicted octanol–water partition coefficient (Wildman–Crippen LogP) is 3.44. The van der Waals surface area contributed by atoms with E-state index in [0.717, 1.165) is 19.0 Å². The minimum absolute atomic E-state index is 0.632. The van der Waals surface area contributed by atoms with Crippen LogP contribution in [-0.2, 0) is 6.54 Å². The van der Waals surface area contributed by atoms with Crippen LogP contribution >= 0.6 is 0 Å². The molecule has 102 valence electrons. The minimum Gasteiger partial charge on any atom is -0.313 e. The van der Waals surface area contributed by atoms with Gasteiger partial charge in [0.25, 0.3) is 0 Å². The smallest absolute Gasteiger partial charge is 0.0638 e. The Morgan fingerprint density at radius 1 is 1.44 bits per heavy atom. The Hall–Kier alpha value is -0.830. The molecule has 1 aromatic rings. The molecule has 2 atom stereocenters. The molecule has 0 spiro atoms. The van der Waals surface area contributed by atoms with Gasteiger partial charge in [-0.05, 0) is 38.6 Å². The highest BCUT2D eigenvalue weighted by molar-refractivity contribution is 5.15. The van der Waals surface area contributed by atoms with Gasteiger partial charge in [0.15, 0.2) is 0 Å². The van der Waals surface area contributed by atoms with Crippen molar-refractivity contribution in [3.05, 3.63) is 17.5 Å². The van der Waals surface area contributed by atoms with E-state index in [2.05, 4.69) is 37.0 Å². The van der Waals surface area contributed by atoms with Crippen LogP contribution in [0.4, 0.5) is 0 Å². The summed E-state index contributed by atoms with van der Waals surface area (Å²) in [5, 5.41) is 8.19. The summed E-state index contributed by atoms with van der Waals surface area (Å²) in [6, 6.07) is 0.632. The van der Waals surface area contributed by atoms with Crippen LogP contribution in [0.1, 0.15) is 63.3 Å². The van der Waals surface area contributed by atoms with Crippen molar-refractivity contribution in [3.63, 3.8) is 0 Å². The van der Waals surface area contributed by atoms with E-state index in [0.29, 0.717) is 6.04 Å². The summed E-state index contributed by atoms with van der Waals surface area (Å²) in [6.45, 7) is 8.75. The molecule has 2 rings (SSSR count). The third kappa shape index (κ3) is 3.35. The number of nitrogens with zero attached hydrogens (tertiary/aromatic N) is 2. The van der Waals surface area contributed by atoms with E-state index >= 15 is 0 Å². The number of nitrogens with one attached hydrogen (secondary N) is 1. The van der Waals surface area contributed by atoms with E-state index in [9.17, 15) is 0 Å². The summed E-state index contributed by atoms with van der Waals surface area (Å²) < 4.78 is 2.23. The lowest BCUT2D eigenvalue weighted by molar-refractivity contribution is 0.266. The molecule has 1 aromatic heterocycles. The Kier molecular flexibility index (Phi) is 4.81. The van der Waals surface area contributed by atoms with Gasteiger partial charge in [-0.1, -0.05) is 26.7 Å². The second-order valence-corrected chi connectivity index (χ2v) is 5.82. The normalized spacial score (nSPS) is 24.4. The third-order valence-corrected chi connectivity index (χ3v) is 4.04. The Labute approximate surface area is 111 Å². The molecule has 3 heteroatoms. The number of aromatic nitrogens is 2. The zero-order valence-corrected chi connectivity index (χ0v) is 12.1. The largest absolute Gasteiger partial charge is 0.313 e. The van der Waals surface area contributed by atoms with Crippen LogP contribution in [0.25, 0.3) is 0 Å². The minimum atomic E-state index is 0.632. The van der Waals surface area contributed by atoms with Gasteiger partial charge in [-0.2, -0.15) is 5.10 Å². The topological polar surface area (TPSA) is 29.9 Å². The molecular formula is C15H27N3. The Bertz CT molecular complexity index is 370. The van der Waals surface area contributed by atoms with E-state index in [1.54, 1.807) is 0 Å². The van der Waals surface area contributed by atoms with E-state index < -0.39 is 0 Å². The Morgan fingerprint density at radius 3 is 3.00 bits per heavy atom. The molecule has 0 bridgehead atoms. The first-order valence-corrected chi connectivity index (χ1v) is 7.46. The molecule has 1 fully saturated rings. The molecule has 1 aliphatic carbocycles. The van der Waals surface area contributed by atoms with Crippen LogP contribution in [-0.4, -0.2) is 16.3 Å². The lowest BCUT2D eigenvalue weighted by atomic mass is 9.87. The second-order valence-electron chi connectivity index (χ2n) is 5.82. The first-order chi connectivity index (χ1) is 8.70. The van der Waals surface area contributed by atoms with Crippen molar-refractivity contribution in [2.45, 2.75) is 65.5 Å².